The van der Waals surface area contributed by atoms with E-state index in [-0.39, 0.29) is 42.1 Å². The molecule has 7 aromatic rings. The van der Waals surface area contributed by atoms with Crippen LogP contribution in [-0.2, 0) is 42.1 Å². The van der Waals surface area contributed by atoms with Gasteiger partial charge in [-0.05, 0) is 43.7 Å². The third kappa shape index (κ3) is 10.6. The fourth-order valence-corrected chi connectivity index (χ4v) is 5.07. The molecular weight excluding hydrogens is 1030 g/mol. The summed E-state index contributed by atoms with van der Waals surface area (Å²) >= 11 is 0. The first-order valence-corrected chi connectivity index (χ1v) is 16.2. The van der Waals surface area contributed by atoms with E-state index in [9.17, 15) is 0 Å². The van der Waals surface area contributed by atoms with E-state index in [0.717, 1.165) is 16.8 Å². The van der Waals surface area contributed by atoms with Crippen LogP contribution in [0, 0.1) is 49.5 Å². The molecule has 0 atom stereocenters. The van der Waals surface area contributed by atoms with Crippen LogP contribution < -0.4 is 19.1 Å². The molecule has 1 aliphatic heterocycles. The normalized spacial score (nSPS) is 11.3. The molecule has 0 N–H and O–H groups in total. The van der Waals surface area contributed by atoms with E-state index in [4.69, 9.17) is 20.6 Å². The van der Waals surface area contributed by atoms with Gasteiger partial charge in [0.2, 0.25) is 0 Å². The molecule has 0 bridgehead atoms. The first kappa shape index (κ1) is 39.4. The van der Waals surface area contributed by atoms with E-state index in [2.05, 4.69) is 41.4 Å². The van der Waals surface area contributed by atoms with Crippen LogP contribution in [0.2, 0.25) is 0 Å². The van der Waals surface area contributed by atoms with Gasteiger partial charge in [0.25, 0.3) is 0 Å². The summed E-state index contributed by atoms with van der Waals surface area (Å²) in [5, 5.41) is 0. The maximum Gasteiger partial charge on any atom is 4.00 e. The predicted octanol–water partition coefficient (Wildman–Crippen LogP) is 10.0. The maximum atomic E-state index is 6.57. The van der Waals surface area contributed by atoms with Crippen molar-refractivity contribution in [3.8, 4) is 62.9 Å². The molecule has 9 heteroatoms. The topological polar surface area (TPSA) is 52.0 Å². The smallest absolute Gasteiger partial charge is 0.669 e. The molecule has 2 aromatic heterocycles. The molecule has 5 aromatic carbocycles. The third-order valence-corrected chi connectivity index (χ3v) is 7.49. The van der Waals surface area contributed by atoms with E-state index in [1.165, 1.54) is 0 Å². The quantitative estimate of drug-likeness (QED) is 0.106. The van der Waals surface area contributed by atoms with Crippen molar-refractivity contribution in [3.63, 3.8) is 0 Å². The largest absolute Gasteiger partial charge is 4.00 e. The van der Waals surface area contributed by atoms with Crippen molar-refractivity contribution >= 4 is 5.69 Å². The molecule has 0 saturated carbocycles. The Kier molecular flexibility index (Phi) is 14.1. The van der Waals surface area contributed by atoms with Crippen LogP contribution in [0.1, 0.15) is 0 Å². The van der Waals surface area contributed by atoms with E-state index in [1.54, 1.807) is 29.2 Å². The molecule has 54 heavy (non-hydrogen) atoms. The molecule has 7 nitrogen and oxygen atoms in total. The summed E-state index contributed by atoms with van der Waals surface area (Å²) in [6.07, 6.45) is 15.7. The standard InChI is InChI=1S/C39H25N3O3.C6H4N.2Pt/c1-41-20-21-42(28-41)32-11-9-17-36(26-32)45-38-24-31(23-37(27-38)44-34-14-6-3-7-15-34)39-25-30(18-19-40-39)29-10-8-16-35(22-29)43-33-12-4-2-5-13-33;1-2-7-5-3-4-6-7;;/h2-12,14-17,19-21,23,25,27-28H,1H3;3-6H;;/q-6;-1;;+4. The van der Waals surface area contributed by atoms with Crippen LogP contribution >= 0.6 is 0 Å². The summed E-state index contributed by atoms with van der Waals surface area (Å²) in [7, 11) is 1.97. The third-order valence-electron chi connectivity index (χ3n) is 7.49. The number of anilines is 1. The van der Waals surface area contributed by atoms with Gasteiger partial charge in [0.05, 0.1) is 5.75 Å². The fraction of sp³-hybridized carbons (Fsp3) is 0.0222. The van der Waals surface area contributed by atoms with Gasteiger partial charge >= 0.3 is 21.1 Å². The number of hydrogen-bond acceptors (Lipinski definition) is 6. The number of benzene rings is 5. The molecule has 0 aliphatic carbocycles. The number of rotatable bonds is 9. The Morgan fingerprint density at radius 3 is 2.09 bits per heavy atom. The Labute approximate surface area is 345 Å². The van der Waals surface area contributed by atoms with Crippen molar-refractivity contribution in [2.24, 2.45) is 0 Å². The minimum Gasteiger partial charge on any atom is -0.669 e. The summed E-state index contributed by atoms with van der Waals surface area (Å²) in [4.78, 5) is 8.55. The molecule has 0 amide bonds. The SMILES string of the molecule is CN1C=CN(c2[c-]c(Oc3[c-]c(-c4cc(-c5[c-]c(Oc6[c-]cccc6)ccc5)[c-]cn4)cc(Oc4ccccc4)c3)ccc2)[CH-]1.[C-]#Cn1cccc1.[Pt+4].[Pt]. The van der Waals surface area contributed by atoms with E-state index < -0.39 is 0 Å². The van der Waals surface area contributed by atoms with Gasteiger partial charge in [-0.2, -0.15) is 43.1 Å². The van der Waals surface area contributed by atoms with Crippen molar-refractivity contribution in [3.05, 3.63) is 196 Å². The number of para-hydroxylation sites is 2. The second-order valence-corrected chi connectivity index (χ2v) is 11.3. The van der Waals surface area contributed by atoms with Crippen molar-refractivity contribution in [1.29, 1.82) is 0 Å². The average Bonchev–Trinajstić information content (AvgIpc) is 3.89. The Hall–Kier alpha value is -5.79. The predicted molar refractivity (Wildman–Crippen MR) is 199 cm³/mol. The number of ether oxygens (including phenoxy) is 3. The number of nitrogens with zero attached hydrogens (tertiary/aromatic N) is 4. The molecule has 0 spiro atoms. The van der Waals surface area contributed by atoms with Crippen molar-refractivity contribution < 1.29 is 56.3 Å². The van der Waals surface area contributed by atoms with Crippen LogP contribution in [0.25, 0.3) is 22.4 Å². The van der Waals surface area contributed by atoms with Gasteiger partial charge in [-0.1, -0.05) is 42.2 Å². The monoisotopic (exact) mass is 1060 g/mol. The second-order valence-electron chi connectivity index (χ2n) is 11.3. The first-order valence-electron chi connectivity index (χ1n) is 16.2. The number of aromatic nitrogens is 2. The zero-order valence-electron chi connectivity index (χ0n) is 28.7. The molecule has 0 radical (unpaired) electrons. The van der Waals surface area contributed by atoms with E-state index in [1.807, 2.05) is 151 Å². The van der Waals surface area contributed by atoms with Gasteiger partial charge in [0.1, 0.15) is 5.75 Å². The fourth-order valence-electron chi connectivity index (χ4n) is 5.07. The van der Waals surface area contributed by atoms with Crippen LogP contribution in [0.15, 0.2) is 152 Å². The van der Waals surface area contributed by atoms with Gasteiger partial charge < -0.3 is 40.0 Å². The van der Waals surface area contributed by atoms with Gasteiger partial charge in [-0.15, -0.1) is 53.7 Å². The Morgan fingerprint density at radius 1 is 0.648 bits per heavy atom. The zero-order chi connectivity index (χ0) is 35.5. The van der Waals surface area contributed by atoms with E-state index >= 15 is 0 Å². The van der Waals surface area contributed by atoms with Gasteiger partial charge in [-0.25, -0.2) is 24.2 Å². The minimum absolute atomic E-state index is 0. The molecule has 1 aliphatic rings. The Bertz CT molecular complexity index is 2310. The van der Waals surface area contributed by atoms with Crippen LogP contribution in [0.4, 0.5) is 5.69 Å². The molecule has 8 rings (SSSR count). The van der Waals surface area contributed by atoms with Gasteiger partial charge in [-0.3, -0.25) is 11.1 Å². The first-order chi connectivity index (χ1) is 25.6. The molecule has 270 valence electrons. The molecule has 3 heterocycles. The summed E-state index contributed by atoms with van der Waals surface area (Å²) in [5.41, 5.74) is 3.82. The van der Waals surface area contributed by atoms with Crippen molar-refractivity contribution in [1.82, 2.24) is 14.5 Å². The summed E-state index contributed by atoms with van der Waals surface area (Å²) in [5.74, 6) is 3.48. The van der Waals surface area contributed by atoms with Crippen LogP contribution in [0.5, 0.6) is 34.5 Å². The van der Waals surface area contributed by atoms with Gasteiger partial charge in [0, 0.05) is 56.5 Å². The minimum atomic E-state index is 0. The van der Waals surface area contributed by atoms with Crippen molar-refractivity contribution in [2.45, 2.75) is 0 Å². The number of hydrogen-bond donors (Lipinski definition) is 0. The Balaban J connectivity index is 0.000000562. The average molecular weight is 1060 g/mol. The summed E-state index contributed by atoms with van der Waals surface area (Å²) in [6, 6.07) is 56.4. The maximum absolute atomic E-state index is 6.57. The molecule has 0 saturated heterocycles. The second kappa shape index (κ2) is 19.3. The van der Waals surface area contributed by atoms with Crippen LogP contribution in [-0.4, -0.2) is 21.5 Å². The molecular formula is C45H29N4O3Pt2-3. The van der Waals surface area contributed by atoms with E-state index in [0.29, 0.717) is 45.8 Å². The Morgan fingerprint density at radius 2 is 1.37 bits per heavy atom. The zero-order valence-corrected chi connectivity index (χ0v) is 33.2. The number of pyridine rings is 1. The summed E-state index contributed by atoms with van der Waals surface area (Å²) in [6.45, 7) is 1.96. The van der Waals surface area contributed by atoms with Crippen molar-refractivity contribution in [2.75, 3.05) is 11.9 Å². The van der Waals surface area contributed by atoms with Gasteiger partial charge in [0.15, 0.2) is 0 Å². The molecule has 0 fully saturated rings. The van der Waals surface area contributed by atoms with Crippen LogP contribution in [0.3, 0.4) is 0 Å². The molecule has 0 unspecified atom stereocenters. The summed E-state index contributed by atoms with van der Waals surface area (Å²) < 4.78 is 20.0.